The number of esters is 1. The van der Waals surface area contributed by atoms with Gasteiger partial charge in [-0.05, 0) is 36.8 Å². The van der Waals surface area contributed by atoms with Crippen LogP contribution in [0.1, 0.15) is 23.2 Å². The Morgan fingerprint density at radius 1 is 1.19 bits per heavy atom. The average molecular weight is 281 g/mol. The Labute approximate surface area is 122 Å². The van der Waals surface area contributed by atoms with Crippen LogP contribution >= 0.6 is 0 Å². The topological polar surface area (TPSA) is 52.3 Å². The highest BCUT2D eigenvalue weighted by Crippen LogP contribution is 2.26. The molecule has 0 amide bonds. The van der Waals surface area contributed by atoms with E-state index < -0.39 is 5.97 Å². The van der Waals surface area contributed by atoms with Gasteiger partial charge >= 0.3 is 5.97 Å². The number of benzene rings is 2. The van der Waals surface area contributed by atoms with Gasteiger partial charge in [-0.1, -0.05) is 30.3 Å². The summed E-state index contributed by atoms with van der Waals surface area (Å²) in [5, 5.41) is 2.25. The highest BCUT2D eigenvalue weighted by atomic mass is 16.5. The molecule has 0 aliphatic heterocycles. The Morgan fingerprint density at radius 3 is 2.71 bits per heavy atom. The summed E-state index contributed by atoms with van der Waals surface area (Å²) < 4.78 is 10.5. The quantitative estimate of drug-likeness (QED) is 0.681. The van der Waals surface area contributed by atoms with Gasteiger partial charge in [-0.2, -0.15) is 0 Å². The van der Waals surface area contributed by atoms with Crippen molar-refractivity contribution in [1.29, 1.82) is 0 Å². The maximum Gasteiger partial charge on any atom is 0.376 e. The molecule has 0 saturated heterocycles. The van der Waals surface area contributed by atoms with E-state index in [1.807, 2.05) is 42.5 Å². The van der Waals surface area contributed by atoms with Crippen LogP contribution in [0.25, 0.3) is 22.2 Å². The van der Waals surface area contributed by atoms with E-state index in [-0.39, 0.29) is 5.76 Å². The van der Waals surface area contributed by atoms with Gasteiger partial charge in [0.25, 0.3) is 0 Å². The van der Waals surface area contributed by atoms with Gasteiger partial charge in [-0.15, -0.1) is 0 Å². The number of carbonyl (C=O) groups is 1. The van der Waals surface area contributed by atoms with Crippen molar-refractivity contribution in [3.63, 3.8) is 0 Å². The monoisotopic (exact) mass is 281 g/mol. The number of ether oxygens (including phenoxy) is 1. The van der Waals surface area contributed by atoms with Crippen LogP contribution in [-0.2, 0) is 4.74 Å². The van der Waals surface area contributed by atoms with Crippen molar-refractivity contribution in [2.75, 3.05) is 6.61 Å². The normalized spacial score (nSPS) is 10.8. The molecule has 0 bridgehead atoms. The van der Waals surface area contributed by atoms with E-state index in [1.54, 1.807) is 13.8 Å². The molecule has 21 heavy (non-hydrogen) atoms. The number of hydrogen-bond donors (Lipinski definition) is 0. The maximum absolute atomic E-state index is 11.8. The number of carbonyl (C=O) groups excluding carboxylic acids is 1. The van der Waals surface area contributed by atoms with Gasteiger partial charge in [0.05, 0.1) is 12.3 Å². The molecular weight excluding hydrogens is 266 g/mol. The van der Waals surface area contributed by atoms with E-state index in [9.17, 15) is 4.79 Å². The number of aromatic nitrogens is 1. The zero-order valence-electron chi connectivity index (χ0n) is 11.9. The lowest BCUT2D eigenvalue weighted by Gasteiger charge is -2.00. The summed E-state index contributed by atoms with van der Waals surface area (Å²) in [4.78, 5) is 16.1. The zero-order chi connectivity index (χ0) is 14.8. The highest BCUT2D eigenvalue weighted by Gasteiger charge is 2.19. The summed E-state index contributed by atoms with van der Waals surface area (Å²) >= 11 is 0. The Bertz CT molecular complexity index is 805. The first kappa shape index (κ1) is 13.4. The van der Waals surface area contributed by atoms with E-state index in [2.05, 4.69) is 4.98 Å². The molecule has 0 atom stereocenters. The third kappa shape index (κ3) is 2.52. The molecule has 4 heteroatoms. The Kier molecular flexibility index (Phi) is 3.44. The number of aryl methyl sites for hydroxylation is 1. The second-order valence-electron chi connectivity index (χ2n) is 4.72. The second-order valence-corrected chi connectivity index (χ2v) is 4.72. The minimum Gasteiger partial charge on any atom is -0.460 e. The molecule has 0 aliphatic rings. The lowest BCUT2D eigenvalue weighted by atomic mass is 10.1. The predicted molar refractivity (Wildman–Crippen MR) is 80.1 cm³/mol. The van der Waals surface area contributed by atoms with Crippen LogP contribution in [0.4, 0.5) is 0 Å². The van der Waals surface area contributed by atoms with E-state index >= 15 is 0 Å². The first-order chi connectivity index (χ1) is 10.2. The Morgan fingerprint density at radius 2 is 1.95 bits per heavy atom. The molecule has 1 heterocycles. The largest absolute Gasteiger partial charge is 0.460 e. The molecule has 3 aromatic rings. The first-order valence-electron chi connectivity index (χ1n) is 6.82. The van der Waals surface area contributed by atoms with Crippen LogP contribution in [0.5, 0.6) is 0 Å². The van der Waals surface area contributed by atoms with Crippen LogP contribution in [0.2, 0.25) is 0 Å². The molecule has 0 fully saturated rings. The smallest absolute Gasteiger partial charge is 0.376 e. The summed E-state index contributed by atoms with van der Waals surface area (Å²) in [6, 6.07) is 14.0. The molecule has 0 unspecified atom stereocenters. The molecule has 1 aromatic heterocycles. The van der Waals surface area contributed by atoms with E-state index in [4.69, 9.17) is 9.15 Å². The summed E-state index contributed by atoms with van der Waals surface area (Å²) in [7, 11) is 0. The molecule has 0 spiro atoms. The van der Waals surface area contributed by atoms with Gasteiger partial charge in [0.1, 0.15) is 0 Å². The van der Waals surface area contributed by atoms with Crippen molar-refractivity contribution in [2.24, 2.45) is 0 Å². The van der Waals surface area contributed by atoms with Crippen molar-refractivity contribution >= 4 is 16.7 Å². The van der Waals surface area contributed by atoms with Gasteiger partial charge in [0.2, 0.25) is 11.7 Å². The molecule has 3 rings (SSSR count). The zero-order valence-corrected chi connectivity index (χ0v) is 11.9. The van der Waals surface area contributed by atoms with Crippen molar-refractivity contribution in [3.8, 4) is 11.5 Å². The number of rotatable bonds is 3. The third-order valence-electron chi connectivity index (χ3n) is 3.25. The maximum atomic E-state index is 11.8. The Hall–Kier alpha value is -2.62. The summed E-state index contributed by atoms with van der Waals surface area (Å²) in [6.45, 7) is 3.80. The van der Waals surface area contributed by atoms with Crippen LogP contribution in [-0.4, -0.2) is 17.6 Å². The minimum absolute atomic E-state index is 0.167. The van der Waals surface area contributed by atoms with Crippen LogP contribution < -0.4 is 0 Å². The Balaban J connectivity index is 2.02. The third-order valence-corrected chi connectivity index (χ3v) is 3.25. The second kappa shape index (κ2) is 5.40. The fourth-order valence-electron chi connectivity index (χ4n) is 2.23. The number of fused-ring (bicyclic) bond motifs is 1. The summed E-state index contributed by atoms with van der Waals surface area (Å²) in [6.07, 6.45) is 0. The molecule has 106 valence electrons. The molecule has 0 radical (unpaired) electrons. The van der Waals surface area contributed by atoms with Crippen LogP contribution in [0.15, 0.2) is 46.9 Å². The number of nitrogens with zero attached hydrogens (tertiary/aromatic N) is 1. The predicted octanol–water partition coefficient (Wildman–Crippen LogP) is 3.98. The highest BCUT2D eigenvalue weighted by molar-refractivity contribution is 5.89. The van der Waals surface area contributed by atoms with Crippen molar-refractivity contribution in [3.05, 3.63) is 53.9 Å². The first-order valence-corrected chi connectivity index (χ1v) is 6.82. The molecule has 0 saturated carbocycles. The molecule has 0 N–H and O–H groups in total. The SMILES string of the molecule is CCOC(=O)c1oc(-c2ccc3ccccc3c2)nc1C. The summed E-state index contributed by atoms with van der Waals surface area (Å²) in [5.74, 6) is 0.121. The standard InChI is InChI=1S/C17H15NO3/c1-3-20-17(19)15-11(2)18-16(21-15)14-9-8-12-6-4-5-7-13(12)10-14/h4-10H,3H2,1-2H3. The van der Waals surface area contributed by atoms with Crippen molar-refractivity contribution in [2.45, 2.75) is 13.8 Å². The fourth-order valence-corrected chi connectivity index (χ4v) is 2.23. The molecule has 0 aliphatic carbocycles. The molecule has 2 aromatic carbocycles. The van der Waals surface area contributed by atoms with E-state index in [1.165, 1.54) is 0 Å². The van der Waals surface area contributed by atoms with Crippen LogP contribution in [0, 0.1) is 6.92 Å². The molecular formula is C17H15NO3. The van der Waals surface area contributed by atoms with Gasteiger partial charge in [0, 0.05) is 5.56 Å². The van der Waals surface area contributed by atoms with Gasteiger partial charge < -0.3 is 9.15 Å². The van der Waals surface area contributed by atoms with Crippen LogP contribution in [0.3, 0.4) is 0 Å². The minimum atomic E-state index is -0.477. The lowest BCUT2D eigenvalue weighted by Crippen LogP contribution is -2.04. The van der Waals surface area contributed by atoms with E-state index in [0.29, 0.717) is 18.2 Å². The number of oxazole rings is 1. The molecule has 4 nitrogen and oxygen atoms in total. The lowest BCUT2D eigenvalue weighted by molar-refractivity contribution is 0.0490. The van der Waals surface area contributed by atoms with Crippen molar-refractivity contribution in [1.82, 2.24) is 4.98 Å². The summed E-state index contributed by atoms with van der Waals surface area (Å²) in [5.41, 5.74) is 1.38. The van der Waals surface area contributed by atoms with Gasteiger partial charge in [0.15, 0.2) is 0 Å². The number of hydrogen-bond acceptors (Lipinski definition) is 4. The van der Waals surface area contributed by atoms with Gasteiger partial charge in [-0.3, -0.25) is 0 Å². The fraction of sp³-hybridized carbons (Fsp3) is 0.176. The van der Waals surface area contributed by atoms with Gasteiger partial charge in [-0.25, -0.2) is 9.78 Å². The van der Waals surface area contributed by atoms with Crippen molar-refractivity contribution < 1.29 is 13.9 Å². The van der Waals surface area contributed by atoms with E-state index in [0.717, 1.165) is 16.3 Å². The average Bonchev–Trinajstić information content (AvgIpc) is 2.89.